The maximum Gasteiger partial charge on any atom is 0.308 e. The fourth-order valence-electron chi connectivity index (χ4n) is 1.68. The van der Waals surface area contributed by atoms with Gasteiger partial charge in [-0.25, -0.2) is 4.68 Å². The van der Waals surface area contributed by atoms with Gasteiger partial charge in [0.25, 0.3) is 0 Å². The third-order valence-electron chi connectivity index (χ3n) is 2.83. The number of carboxylic acids is 1. The average molecular weight is 261 g/mol. The minimum absolute atomic E-state index is 0.282. The van der Waals surface area contributed by atoms with E-state index in [0.717, 1.165) is 12.0 Å². The number of pyridine rings is 1. The molecule has 0 saturated carbocycles. The number of hydrogen-bond donors (Lipinski definition) is 1. The van der Waals surface area contributed by atoms with Crippen LogP contribution in [0.4, 0.5) is 0 Å². The van der Waals surface area contributed by atoms with Gasteiger partial charge in [-0.15, -0.1) is 5.10 Å². The molecule has 100 valence electrons. The summed E-state index contributed by atoms with van der Waals surface area (Å²) in [5.41, 5.74) is 1.10. The Morgan fingerprint density at radius 3 is 3.00 bits per heavy atom. The van der Waals surface area contributed by atoms with E-state index < -0.39 is 11.9 Å². The summed E-state index contributed by atoms with van der Waals surface area (Å²) in [4.78, 5) is 14.9. The van der Waals surface area contributed by atoms with Gasteiger partial charge in [-0.3, -0.25) is 9.78 Å². The van der Waals surface area contributed by atoms with Gasteiger partial charge in [0.15, 0.2) is 5.82 Å². The van der Waals surface area contributed by atoms with Crippen molar-refractivity contribution < 1.29 is 9.90 Å². The molecule has 0 spiro atoms. The van der Waals surface area contributed by atoms with Crippen molar-refractivity contribution in [1.82, 2.24) is 25.2 Å². The van der Waals surface area contributed by atoms with E-state index in [1.54, 1.807) is 24.0 Å². The van der Waals surface area contributed by atoms with E-state index >= 15 is 0 Å². The highest BCUT2D eigenvalue weighted by atomic mass is 16.4. The largest absolute Gasteiger partial charge is 0.481 e. The van der Waals surface area contributed by atoms with Crippen molar-refractivity contribution in [3.05, 3.63) is 35.9 Å². The number of tetrazole rings is 1. The van der Waals surface area contributed by atoms with Crippen LogP contribution in [0.15, 0.2) is 24.5 Å². The molecule has 1 atom stereocenters. The SMILES string of the molecule is CC(Cn1nnnc1CCc1cccnc1)C(=O)O. The van der Waals surface area contributed by atoms with Crippen molar-refractivity contribution >= 4 is 5.97 Å². The number of nitrogens with zero attached hydrogens (tertiary/aromatic N) is 5. The third-order valence-corrected chi connectivity index (χ3v) is 2.83. The summed E-state index contributed by atoms with van der Waals surface area (Å²) in [6, 6.07) is 3.87. The smallest absolute Gasteiger partial charge is 0.308 e. The maximum atomic E-state index is 10.8. The van der Waals surface area contributed by atoms with Gasteiger partial charge < -0.3 is 5.11 Å². The molecule has 0 aliphatic heterocycles. The van der Waals surface area contributed by atoms with Crippen molar-refractivity contribution in [2.24, 2.45) is 5.92 Å². The van der Waals surface area contributed by atoms with Crippen LogP contribution in [0.5, 0.6) is 0 Å². The zero-order valence-corrected chi connectivity index (χ0v) is 10.6. The first-order valence-electron chi connectivity index (χ1n) is 6.03. The molecule has 0 aromatic carbocycles. The minimum atomic E-state index is -0.853. The summed E-state index contributed by atoms with van der Waals surface area (Å²) >= 11 is 0. The molecule has 0 radical (unpaired) electrons. The number of aromatic nitrogens is 5. The fourth-order valence-corrected chi connectivity index (χ4v) is 1.68. The molecule has 0 fully saturated rings. The zero-order valence-electron chi connectivity index (χ0n) is 10.6. The van der Waals surface area contributed by atoms with E-state index in [2.05, 4.69) is 20.5 Å². The quantitative estimate of drug-likeness (QED) is 0.817. The van der Waals surface area contributed by atoms with E-state index in [0.29, 0.717) is 12.2 Å². The standard InChI is InChI=1S/C12H15N5O2/c1-9(12(18)19)8-17-11(14-15-16-17)5-4-10-3-2-6-13-7-10/h2-3,6-7,9H,4-5,8H2,1H3,(H,18,19). The molecule has 0 saturated heterocycles. The zero-order chi connectivity index (χ0) is 13.7. The van der Waals surface area contributed by atoms with Gasteiger partial charge in [0.05, 0.1) is 12.5 Å². The number of aliphatic carboxylic acids is 1. The Kier molecular flexibility index (Phi) is 4.17. The Balaban J connectivity index is 1.98. The predicted octanol–water partition coefficient (Wildman–Crippen LogP) is 0.574. The molecule has 7 heteroatoms. The molecule has 1 unspecified atom stereocenters. The van der Waals surface area contributed by atoms with Gasteiger partial charge in [-0.2, -0.15) is 0 Å². The Hall–Kier alpha value is -2.31. The molecule has 1 N–H and O–H groups in total. The number of rotatable bonds is 6. The normalized spacial score (nSPS) is 12.3. The molecule has 0 bridgehead atoms. The molecule has 0 amide bonds. The highest BCUT2D eigenvalue weighted by molar-refractivity contribution is 5.69. The molecule has 0 aliphatic carbocycles. The van der Waals surface area contributed by atoms with Gasteiger partial charge in [0.1, 0.15) is 0 Å². The topological polar surface area (TPSA) is 93.8 Å². The summed E-state index contributed by atoms with van der Waals surface area (Å²) in [6.07, 6.45) is 4.96. The van der Waals surface area contributed by atoms with Crippen LogP contribution >= 0.6 is 0 Å². The van der Waals surface area contributed by atoms with Crippen LogP contribution in [0.25, 0.3) is 0 Å². The summed E-state index contributed by atoms with van der Waals surface area (Å²) in [7, 11) is 0. The molecular weight excluding hydrogens is 246 g/mol. The predicted molar refractivity (Wildman–Crippen MR) is 66.3 cm³/mol. The van der Waals surface area contributed by atoms with Crippen LogP contribution in [0.2, 0.25) is 0 Å². The molecule has 2 aromatic rings. The van der Waals surface area contributed by atoms with Crippen molar-refractivity contribution in [2.75, 3.05) is 0 Å². The third kappa shape index (κ3) is 3.57. The first-order valence-corrected chi connectivity index (χ1v) is 6.03. The summed E-state index contributed by atoms with van der Waals surface area (Å²) in [5, 5.41) is 20.3. The molecule has 2 rings (SSSR count). The van der Waals surface area contributed by atoms with Crippen LogP contribution in [-0.4, -0.2) is 36.3 Å². The van der Waals surface area contributed by atoms with E-state index in [1.165, 1.54) is 0 Å². The second kappa shape index (κ2) is 6.03. The fraction of sp³-hybridized carbons (Fsp3) is 0.417. The molecule has 2 aromatic heterocycles. The van der Waals surface area contributed by atoms with E-state index in [9.17, 15) is 4.79 Å². The number of aryl methyl sites for hydroxylation is 2. The molecule has 2 heterocycles. The Bertz CT molecular complexity index is 540. The highest BCUT2D eigenvalue weighted by Crippen LogP contribution is 2.06. The van der Waals surface area contributed by atoms with Crippen LogP contribution in [0.1, 0.15) is 18.3 Å². The van der Waals surface area contributed by atoms with Crippen LogP contribution in [0.3, 0.4) is 0 Å². The summed E-state index contributed by atoms with van der Waals surface area (Å²) in [6.45, 7) is 1.92. The monoisotopic (exact) mass is 261 g/mol. The van der Waals surface area contributed by atoms with E-state index in [4.69, 9.17) is 5.11 Å². The maximum absolute atomic E-state index is 10.8. The summed E-state index contributed by atoms with van der Waals surface area (Å²) < 4.78 is 1.55. The van der Waals surface area contributed by atoms with Crippen molar-refractivity contribution in [3.63, 3.8) is 0 Å². The number of hydrogen-bond acceptors (Lipinski definition) is 5. The van der Waals surface area contributed by atoms with Crippen LogP contribution in [0, 0.1) is 5.92 Å². The Morgan fingerprint density at radius 2 is 2.32 bits per heavy atom. The van der Waals surface area contributed by atoms with Gasteiger partial charge in [0.2, 0.25) is 0 Å². The van der Waals surface area contributed by atoms with Gasteiger partial charge in [-0.05, 0) is 28.5 Å². The lowest BCUT2D eigenvalue weighted by Crippen LogP contribution is -2.19. The second-order valence-corrected chi connectivity index (χ2v) is 4.38. The first kappa shape index (κ1) is 13.1. The molecule has 0 aliphatic rings. The van der Waals surface area contributed by atoms with Crippen molar-refractivity contribution in [1.29, 1.82) is 0 Å². The van der Waals surface area contributed by atoms with Crippen LogP contribution < -0.4 is 0 Å². The van der Waals surface area contributed by atoms with Crippen LogP contribution in [-0.2, 0) is 24.2 Å². The Morgan fingerprint density at radius 1 is 1.47 bits per heavy atom. The lowest BCUT2D eigenvalue weighted by molar-refractivity contribution is -0.141. The lowest BCUT2D eigenvalue weighted by Gasteiger charge is -2.07. The first-order chi connectivity index (χ1) is 9.16. The molecule has 19 heavy (non-hydrogen) atoms. The molecular formula is C12H15N5O2. The second-order valence-electron chi connectivity index (χ2n) is 4.38. The minimum Gasteiger partial charge on any atom is -0.481 e. The molecule has 7 nitrogen and oxygen atoms in total. The number of carboxylic acid groups (broad SMARTS) is 1. The van der Waals surface area contributed by atoms with Crippen molar-refractivity contribution in [3.8, 4) is 0 Å². The van der Waals surface area contributed by atoms with Gasteiger partial charge >= 0.3 is 5.97 Å². The van der Waals surface area contributed by atoms with Gasteiger partial charge in [0, 0.05) is 18.8 Å². The lowest BCUT2D eigenvalue weighted by atomic mass is 10.1. The average Bonchev–Trinajstić information content (AvgIpc) is 2.85. The number of carbonyl (C=O) groups is 1. The van der Waals surface area contributed by atoms with E-state index in [-0.39, 0.29) is 6.54 Å². The Labute approximate surface area is 110 Å². The van der Waals surface area contributed by atoms with Gasteiger partial charge in [-0.1, -0.05) is 13.0 Å². The van der Waals surface area contributed by atoms with Crippen molar-refractivity contribution in [2.45, 2.75) is 26.3 Å². The van der Waals surface area contributed by atoms with E-state index in [1.807, 2.05) is 12.1 Å². The highest BCUT2D eigenvalue weighted by Gasteiger charge is 2.15. The summed E-state index contributed by atoms with van der Waals surface area (Å²) in [5.74, 6) is -0.675.